The summed E-state index contributed by atoms with van der Waals surface area (Å²) in [5.41, 5.74) is 1.01. The van der Waals surface area contributed by atoms with Gasteiger partial charge in [-0.3, -0.25) is 4.79 Å². The first-order valence-corrected chi connectivity index (χ1v) is 6.76. The fourth-order valence-corrected chi connectivity index (χ4v) is 1.75. The van der Waals surface area contributed by atoms with E-state index in [-0.39, 0.29) is 5.97 Å². The average Bonchev–Trinajstić information content (AvgIpc) is 2.26. The Labute approximate surface area is 112 Å². The first kappa shape index (κ1) is 17.0. The summed E-state index contributed by atoms with van der Waals surface area (Å²) in [7, 11) is 1.97. The van der Waals surface area contributed by atoms with Gasteiger partial charge in [-0.15, -0.1) is 0 Å². The van der Waals surface area contributed by atoms with Crippen molar-refractivity contribution in [2.24, 2.45) is 0 Å². The van der Waals surface area contributed by atoms with E-state index in [9.17, 15) is 4.79 Å². The maximum absolute atomic E-state index is 11.1. The van der Waals surface area contributed by atoms with Crippen LogP contribution in [0.15, 0.2) is 12.2 Å². The number of hydrogen-bond acceptors (Lipinski definition) is 4. The van der Waals surface area contributed by atoms with Gasteiger partial charge >= 0.3 is 5.97 Å². The van der Waals surface area contributed by atoms with E-state index in [1.165, 1.54) is 0 Å². The van der Waals surface area contributed by atoms with Crippen molar-refractivity contribution in [1.29, 1.82) is 0 Å². The quantitative estimate of drug-likeness (QED) is 0.447. The van der Waals surface area contributed by atoms with Crippen molar-refractivity contribution >= 4 is 13.8 Å². The molecule has 0 aromatic heterocycles. The highest BCUT2D eigenvalue weighted by atomic mass is 16.5. The van der Waals surface area contributed by atoms with E-state index in [1.807, 2.05) is 14.8 Å². The van der Waals surface area contributed by atoms with Crippen molar-refractivity contribution in [3.63, 3.8) is 0 Å². The van der Waals surface area contributed by atoms with Crippen LogP contribution in [0.4, 0.5) is 0 Å². The van der Waals surface area contributed by atoms with Crippen LogP contribution >= 0.6 is 0 Å². The molecule has 0 aromatic rings. The van der Waals surface area contributed by atoms with Gasteiger partial charge in [-0.1, -0.05) is 6.58 Å². The minimum atomic E-state index is -0.130. The van der Waals surface area contributed by atoms with Crippen molar-refractivity contribution in [2.75, 3.05) is 13.2 Å². The molecule has 0 amide bonds. The van der Waals surface area contributed by atoms with Crippen molar-refractivity contribution in [2.45, 2.75) is 52.1 Å². The van der Waals surface area contributed by atoms with E-state index in [4.69, 9.17) is 4.74 Å². The van der Waals surface area contributed by atoms with Crippen LogP contribution in [-0.4, -0.2) is 39.1 Å². The molecule has 0 radical (unpaired) electrons. The van der Waals surface area contributed by atoms with Crippen LogP contribution < -0.4 is 10.6 Å². The Morgan fingerprint density at radius 3 is 2.50 bits per heavy atom. The van der Waals surface area contributed by atoms with Crippen molar-refractivity contribution in [1.82, 2.24) is 10.6 Å². The van der Waals surface area contributed by atoms with Gasteiger partial charge in [-0.25, -0.2) is 0 Å². The average molecular weight is 254 g/mol. The lowest BCUT2D eigenvalue weighted by Crippen LogP contribution is -2.32. The molecule has 0 saturated carbocycles. The third kappa shape index (κ3) is 10.2. The van der Waals surface area contributed by atoms with Crippen LogP contribution in [-0.2, 0) is 9.53 Å². The van der Waals surface area contributed by atoms with Crippen LogP contribution in [0.1, 0.15) is 40.0 Å². The monoisotopic (exact) mass is 254 g/mol. The fraction of sp³-hybridized carbons (Fsp3) is 0.769. The standard InChI is InChI=1S/C13H27BN2O2/c1-5-18-13(17)8-9-15-10(2)6-7-11(3)16-12(4)14/h10-11,15-16H,4-9,14H2,1-3H3. The van der Waals surface area contributed by atoms with Gasteiger partial charge in [0.05, 0.1) is 13.0 Å². The fourth-order valence-electron chi connectivity index (χ4n) is 1.75. The van der Waals surface area contributed by atoms with E-state index in [0.717, 1.165) is 18.4 Å². The minimum absolute atomic E-state index is 0.130. The first-order valence-electron chi connectivity index (χ1n) is 6.76. The predicted octanol–water partition coefficient (Wildman–Crippen LogP) is 0.780. The molecule has 5 heteroatoms. The summed E-state index contributed by atoms with van der Waals surface area (Å²) in [6.45, 7) is 11.1. The van der Waals surface area contributed by atoms with Crippen LogP contribution in [0.25, 0.3) is 0 Å². The molecule has 0 bridgehead atoms. The summed E-state index contributed by atoms with van der Waals surface area (Å²) in [5.74, 6) is -0.130. The lowest BCUT2D eigenvalue weighted by Gasteiger charge is -2.18. The van der Waals surface area contributed by atoms with Crippen LogP contribution in [0.5, 0.6) is 0 Å². The molecule has 0 rings (SSSR count). The Morgan fingerprint density at radius 1 is 1.33 bits per heavy atom. The summed E-state index contributed by atoms with van der Waals surface area (Å²) in [6.07, 6.45) is 2.60. The summed E-state index contributed by atoms with van der Waals surface area (Å²) < 4.78 is 4.87. The van der Waals surface area contributed by atoms with Crippen molar-refractivity contribution < 1.29 is 9.53 Å². The van der Waals surface area contributed by atoms with Crippen molar-refractivity contribution in [3.05, 3.63) is 12.2 Å². The molecule has 104 valence electrons. The zero-order valence-electron chi connectivity index (χ0n) is 12.2. The zero-order chi connectivity index (χ0) is 14.0. The van der Waals surface area contributed by atoms with E-state index in [0.29, 0.717) is 31.7 Å². The zero-order valence-corrected chi connectivity index (χ0v) is 12.2. The number of carbonyl (C=O) groups excluding carboxylic acids is 1. The Hall–Kier alpha value is -0.965. The lowest BCUT2D eigenvalue weighted by atomic mass is 10.0. The number of nitrogens with one attached hydrogen (secondary N) is 2. The summed E-state index contributed by atoms with van der Waals surface area (Å²) in [5, 5.41) is 6.62. The van der Waals surface area contributed by atoms with E-state index in [1.54, 1.807) is 0 Å². The molecular formula is C13H27BN2O2. The second-order valence-corrected chi connectivity index (χ2v) is 4.81. The number of esters is 1. The van der Waals surface area contributed by atoms with Crippen molar-refractivity contribution in [3.8, 4) is 0 Å². The molecular weight excluding hydrogens is 227 g/mol. The second kappa shape index (κ2) is 10.0. The number of rotatable bonds is 10. The molecule has 0 heterocycles. The number of hydrogen-bond donors (Lipinski definition) is 2. The van der Waals surface area contributed by atoms with Gasteiger partial charge in [0.2, 0.25) is 0 Å². The summed E-state index contributed by atoms with van der Waals surface area (Å²) in [4.78, 5) is 11.1. The smallest absolute Gasteiger partial charge is 0.307 e. The largest absolute Gasteiger partial charge is 0.466 e. The van der Waals surface area contributed by atoms with E-state index >= 15 is 0 Å². The minimum Gasteiger partial charge on any atom is -0.466 e. The highest BCUT2D eigenvalue weighted by molar-refractivity contribution is 6.20. The summed E-state index contributed by atoms with van der Waals surface area (Å²) >= 11 is 0. The molecule has 0 aliphatic rings. The van der Waals surface area contributed by atoms with E-state index in [2.05, 4.69) is 31.1 Å². The second-order valence-electron chi connectivity index (χ2n) is 4.81. The molecule has 0 aliphatic heterocycles. The normalized spacial score (nSPS) is 13.7. The SMILES string of the molecule is BC(=C)NC(C)CCC(C)NCCC(=O)OCC. The topological polar surface area (TPSA) is 50.4 Å². The highest BCUT2D eigenvalue weighted by Gasteiger charge is 2.07. The van der Waals surface area contributed by atoms with Gasteiger partial charge in [0.25, 0.3) is 0 Å². The first-order chi connectivity index (χ1) is 8.45. The Bertz CT molecular complexity index is 259. The third-order valence-electron chi connectivity index (χ3n) is 2.65. The molecule has 0 fully saturated rings. The highest BCUT2D eigenvalue weighted by Crippen LogP contribution is 2.02. The lowest BCUT2D eigenvalue weighted by molar-refractivity contribution is -0.142. The maximum atomic E-state index is 11.1. The summed E-state index contributed by atoms with van der Waals surface area (Å²) in [6, 6.07) is 0.852. The van der Waals surface area contributed by atoms with Gasteiger partial charge in [0.15, 0.2) is 7.85 Å². The molecule has 18 heavy (non-hydrogen) atoms. The molecule has 0 aliphatic carbocycles. The van der Waals surface area contributed by atoms with Gasteiger partial charge < -0.3 is 15.4 Å². The van der Waals surface area contributed by atoms with Crippen LogP contribution in [0.3, 0.4) is 0 Å². The van der Waals surface area contributed by atoms with Crippen LogP contribution in [0.2, 0.25) is 0 Å². The van der Waals surface area contributed by atoms with Gasteiger partial charge in [-0.2, -0.15) is 0 Å². The molecule has 2 unspecified atom stereocenters. The molecule has 0 aromatic carbocycles. The molecule has 0 saturated heterocycles. The van der Waals surface area contributed by atoms with Gasteiger partial charge in [0.1, 0.15) is 0 Å². The Balaban J connectivity index is 3.56. The third-order valence-corrected chi connectivity index (χ3v) is 2.65. The molecule has 4 nitrogen and oxygen atoms in total. The maximum Gasteiger partial charge on any atom is 0.307 e. The van der Waals surface area contributed by atoms with Crippen LogP contribution in [0, 0.1) is 0 Å². The number of ether oxygens (including phenoxy) is 1. The van der Waals surface area contributed by atoms with Gasteiger partial charge in [-0.05, 0) is 39.2 Å². The molecule has 2 atom stereocenters. The Morgan fingerprint density at radius 2 is 1.94 bits per heavy atom. The Kier molecular flexibility index (Phi) is 9.47. The predicted molar refractivity (Wildman–Crippen MR) is 78.2 cm³/mol. The number of carbonyl (C=O) groups is 1. The molecule has 0 spiro atoms. The van der Waals surface area contributed by atoms with Gasteiger partial charge in [0, 0.05) is 18.6 Å². The van der Waals surface area contributed by atoms with E-state index < -0.39 is 0 Å². The molecule has 2 N–H and O–H groups in total.